The second-order valence-corrected chi connectivity index (χ2v) is 4.72. The van der Waals surface area contributed by atoms with Crippen molar-refractivity contribution in [3.63, 3.8) is 0 Å². The van der Waals surface area contributed by atoms with Crippen LogP contribution >= 0.6 is 0 Å². The summed E-state index contributed by atoms with van der Waals surface area (Å²) in [6.07, 6.45) is 2.34. The number of carbonyl (C=O) groups is 1. The lowest BCUT2D eigenvalue weighted by Gasteiger charge is -1.99. The zero-order valence-corrected chi connectivity index (χ0v) is 12.7. The predicted octanol–water partition coefficient (Wildman–Crippen LogP) is -0.390. The molecule has 132 valence electrons. The van der Waals surface area contributed by atoms with E-state index >= 15 is 0 Å². The molecule has 1 amide bonds. The van der Waals surface area contributed by atoms with Gasteiger partial charge in [0.15, 0.2) is 5.69 Å². The van der Waals surface area contributed by atoms with Crippen LogP contribution in [-0.2, 0) is 0 Å². The van der Waals surface area contributed by atoms with E-state index in [9.17, 15) is 20.0 Å². The van der Waals surface area contributed by atoms with Gasteiger partial charge in [-0.15, -0.1) is 5.10 Å². The van der Waals surface area contributed by atoms with Gasteiger partial charge in [-0.25, -0.2) is 10.1 Å². The van der Waals surface area contributed by atoms with Crippen LogP contribution in [0.15, 0.2) is 34.1 Å². The van der Waals surface area contributed by atoms with Gasteiger partial charge in [0.2, 0.25) is 11.6 Å². The van der Waals surface area contributed by atoms with Crippen molar-refractivity contribution in [3.8, 4) is 11.6 Å². The fourth-order valence-electron chi connectivity index (χ4n) is 1.79. The van der Waals surface area contributed by atoms with E-state index in [-0.39, 0.29) is 34.3 Å². The Morgan fingerprint density at radius 3 is 2.92 bits per heavy atom. The number of nitro groups is 1. The maximum Gasteiger partial charge on any atom is 0.293 e. The molecule has 0 aliphatic heterocycles. The van der Waals surface area contributed by atoms with Crippen molar-refractivity contribution in [2.24, 2.45) is 5.10 Å². The lowest BCUT2D eigenvalue weighted by Crippen LogP contribution is -2.18. The number of carbonyl (C=O) groups excluding carboxylic acids is 1. The molecule has 14 heteroatoms. The number of aromatic hydroxyl groups is 1. The molecule has 0 fully saturated rings. The van der Waals surface area contributed by atoms with Crippen LogP contribution < -0.4 is 11.2 Å². The van der Waals surface area contributed by atoms with E-state index in [4.69, 9.17) is 5.73 Å². The number of nitrogens with one attached hydrogen (secondary N) is 1. The summed E-state index contributed by atoms with van der Waals surface area (Å²) in [5, 5.41) is 38.1. The first-order valence-electron chi connectivity index (χ1n) is 6.77. The molecule has 1 aromatic carbocycles. The summed E-state index contributed by atoms with van der Waals surface area (Å²) in [7, 11) is 0. The molecule has 0 radical (unpaired) electrons. The third-order valence-corrected chi connectivity index (χ3v) is 3.03. The Bertz CT molecular complexity index is 1010. The molecule has 2 aromatic heterocycles. The summed E-state index contributed by atoms with van der Waals surface area (Å²) in [5.74, 6) is -1.04. The molecule has 0 saturated carbocycles. The number of nitrogens with two attached hydrogens (primary N) is 1. The lowest BCUT2D eigenvalue weighted by molar-refractivity contribution is -0.384. The quantitative estimate of drug-likeness (QED) is 0.306. The maximum absolute atomic E-state index is 11.9. The number of amides is 1. The summed E-state index contributed by atoms with van der Waals surface area (Å²) in [4.78, 5) is 21.9. The van der Waals surface area contributed by atoms with Crippen LogP contribution in [-0.4, -0.2) is 47.5 Å². The van der Waals surface area contributed by atoms with Crippen molar-refractivity contribution in [1.29, 1.82) is 0 Å². The smallest absolute Gasteiger partial charge is 0.293 e. The summed E-state index contributed by atoms with van der Waals surface area (Å²) in [6.45, 7) is 0. The van der Waals surface area contributed by atoms with Gasteiger partial charge < -0.3 is 10.8 Å². The zero-order chi connectivity index (χ0) is 18.7. The molecule has 0 unspecified atom stereocenters. The molecule has 26 heavy (non-hydrogen) atoms. The molecule has 0 spiro atoms. The number of benzene rings is 1. The number of hydrogen-bond donors (Lipinski definition) is 3. The van der Waals surface area contributed by atoms with Crippen LogP contribution in [0.2, 0.25) is 0 Å². The van der Waals surface area contributed by atoms with Crippen LogP contribution in [0.5, 0.6) is 5.75 Å². The minimum absolute atomic E-state index is 0.0338. The van der Waals surface area contributed by atoms with E-state index < -0.39 is 10.8 Å². The molecule has 0 bridgehead atoms. The monoisotopic (exact) mass is 359 g/mol. The first-order chi connectivity index (χ1) is 12.5. The molecule has 3 rings (SSSR count). The SMILES string of the molecule is Nc1nonc1-n1cc(C(=O)NN=Cc2ccc([N+](=O)[O-])cc2O)nn1. The molecule has 0 saturated heterocycles. The van der Waals surface area contributed by atoms with Gasteiger partial charge in [0, 0.05) is 11.6 Å². The number of anilines is 1. The van der Waals surface area contributed by atoms with E-state index in [0.717, 1.165) is 17.0 Å². The fraction of sp³-hybridized carbons (Fsp3) is 0. The molecule has 14 nitrogen and oxygen atoms in total. The van der Waals surface area contributed by atoms with Gasteiger partial charge in [-0.1, -0.05) is 5.21 Å². The maximum atomic E-state index is 11.9. The molecule has 4 N–H and O–H groups in total. The third-order valence-electron chi connectivity index (χ3n) is 3.03. The normalized spacial score (nSPS) is 10.9. The minimum atomic E-state index is -0.705. The second-order valence-electron chi connectivity index (χ2n) is 4.72. The molecule has 0 atom stereocenters. The lowest BCUT2D eigenvalue weighted by atomic mass is 10.2. The van der Waals surface area contributed by atoms with Crippen molar-refractivity contribution >= 4 is 23.6 Å². The highest BCUT2D eigenvalue weighted by molar-refractivity contribution is 5.93. The summed E-state index contributed by atoms with van der Waals surface area (Å²) < 4.78 is 5.50. The number of hydrazone groups is 1. The number of non-ortho nitro benzene ring substituents is 1. The first-order valence-corrected chi connectivity index (χ1v) is 6.77. The number of nitrogen functional groups attached to an aromatic ring is 1. The summed E-state index contributed by atoms with van der Waals surface area (Å²) in [6, 6.07) is 3.43. The third kappa shape index (κ3) is 3.28. The Kier molecular flexibility index (Phi) is 4.21. The van der Waals surface area contributed by atoms with Gasteiger partial charge in [0.1, 0.15) is 5.75 Å². The van der Waals surface area contributed by atoms with Crippen LogP contribution in [0, 0.1) is 10.1 Å². The van der Waals surface area contributed by atoms with Crippen LogP contribution in [0.4, 0.5) is 11.5 Å². The highest BCUT2D eigenvalue weighted by Gasteiger charge is 2.15. The van der Waals surface area contributed by atoms with Crippen molar-refractivity contribution in [3.05, 3.63) is 45.8 Å². The van der Waals surface area contributed by atoms with Gasteiger partial charge >= 0.3 is 0 Å². The average Bonchev–Trinajstić information content (AvgIpc) is 3.24. The summed E-state index contributed by atoms with van der Waals surface area (Å²) in [5.41, 5.74) is 7.46. The van der Waals surface area contributed by atoms with E-state index in [1.165, 1.54) is 18.3 Å². The van der Waals surface area contributed by atoms with Crippen molar-refractivity contribution in [2.75, 3.05) is 5.73 Å². The standard InChI is InChI=1S/C12H9N9O5/c13-10-11(18-26-17-10)20-5-8(15-19-20)12(23)16-14-4-6-1-2-7(21(24)25)3-9(6)22/h1-5,22H,(H2,13,17)(H,16,23). The molecular formula is C12H9N9O5. The Balaban J connectivity index is 1.68. The number of nitro benzene ring substituents is 1. The first kappa shape index (κ1) is 16.5. The van der Waals surface area contributed by atoms with Gasteiger partial charge in [-0.2, -0.15) is 9.78 Å². The van der Waals surface area contributed by atoms with Gasteiger partial charge in [-0.05, 0) is 16.4 Å². The van der Waals surface area contributed by atoms with E-state index in [0.29, 0.717) is 0 Å². The number of aromatic nitrogens is 5. The Labute approximate surface area is 143 Å². The summed E-state index contributed by atoms with van der Waals surface area (Å²) >= 11 is 0. The molecular weight excluding hydrogens is 350 g/mol. The van der Waals surface area contributed by atoms with Crippen molar-refractivity contribution in [2.45, 2.75) is 0 Å². The van der Waals surface area contributed by atoms with Crippen LogP contribution in [0.25, 0.3) is 5.82 Å². The number of hydrogen-bond acceptors (Lipinski definition) is 11. The topological polar surface area (TPSA) is 200 Å². The van der Waals surface area contributed by atoms with Crippen LogP contribution in [0.3, 0.4) is 0 Å². The van der Waals surface area contributed by atoms with Crippen molar-refractivity contribution in [1.82, 2.24) is 30.7 Å². The van der Waals surface area contributed by atoms with E-state index in [2.05, 4.69) is 35.8 Å². The van der Waals surface area contributed by atoms with Crippen molar-refractivity contribution < 1.29 is 19.5 Å². The highest BCUT2D eigenvalue weighted by atomic mass is 16.6. The zero-order valence-electron chi connectivity index (χ0n) is 12.7. The Morgan fingerprint density at radius 2 is 2.27 bits per heavy atom. The Hall–Kier alpha value is -4.36. The molecule has 2 heterocycles. The highest BCUT2D eigenvalue weighted by Crippen LogP contribution is 2.21. The Morgan fingerprint density at radius 1 is 1.46 bits per heavy atom. The molecule has 0 aliphatic rings. The van der Waals surface area contributed by atoms with E-state index in [1.54, 1.807) is 0 Å². The molecule has 0 aliphatic carbocycles. The molecule has 3 aromatic rings. The fourth-order valence-corrected chi connectivity index (χ4v) is 1.79. The van der Waals surface area contributed by atoms with Gasteiger partial charge in [0.25, 0.3) is 11.6 Å². The minimum Gasteiger partial charge on any atom is -0.507 e. The van der Waals surface area contributed by atoms with Gasteiger partial charge in [0.05, 0.1) is 23.4 Å². The second kappa shape index (κ2) is 6.63. The number of phenols is 1. The van der Waals surface area contributed by atoms with E-state index in [1.807, 2.05) is 0 Å². The average molecular weight is 359 g/mol. The predicted molar refractivity (Wildman–Crippen MR) is 83.4 cm³/mol. The number of rotatable bonds is 5. The number of nitrogens with zero attached hydrogens (tertiary/aromatic N) is 7. The number of phenolic OH excluding ortho intramolecular Hbond substituents is 1. The largest absolute Gasteiger partial charge is 0.507 e. The van der Waals surface area contributed by atoms with Gasteiger partial charge in [-0.3, -0.25) is 14.9 Å². The van der Waals surface area contributed by atoms with Crippen LogP contribution in [0.1, 0.15) is 16.1 Å².